The van der Waals surface area contributed by atoms with Crippen molar-refractivity contribution in [2.24, 2.45) is 5.92 Å². The lowest BCUT2D eigenvalue weighted by Crippen LogP contribution is -2.34. The summed E-state index contributed by atoms with van der Waals surface area (Å²) in [6, 6.07) is 5.71. The van der Waals surface area contributed by atoms with E-state index in [1.165, 1.54) is 25.7 Å². The highest BCUT2D eigenvalue weighted by atomic mass is 35.5. The molecule has 0 atom stereocenters. The molecule has 0 aromatic heterocycles. The second-order valence-electron chi connectivity index (χ2n) is 5.49. The van der Waals surface area contributed by atoms with E-state index in [1.807, 2.05) is 6.07 Å². The minimum atomic E-state index is -0.981. The van der Waals surface area contributed by atoms with Crippen molar-refractivity contribution in [1.82, 2.24) is 0 Å². The predicted molar refractivity (Wildman–Crippen MR) is 78.2 cm³/mol. The Morgan fingerprint density at radius 2 is 1.95 bits per heavy atom. The average Bonchev–Trinajstić information content (AvgIpc) is 2.38. The lowest BCUT2D eigenvalue weighted by atomic mass is 9.86. The minimum Gasteiger partial charge on any atom is -0.478 e. The number of carboxylic acid groups (broad SMARTS) is 1. The molecule has 0 aliphatic heterocycles. The molecule has 0 amide bonds. The first-order valence-electron chi connectivity index (χ1n) is 6.74. The third kappa shape index (κ3) is 3.21. The van der Waals surface area contributed by atoms with Gasteiger partial charge in [0, 0.05) is 18.8 Å². The molecular weight excluding hydrogens is 262 g/mol. The molecule has 4 heteroatoms. The standard InChI is InChI=1S/C15H20ClNO2/c1-10-3-5-11(6-4-10)17(2)12-7-8-13(15(18)19)14(16)9-12/h7-11H,3-6H2,1-2H3,(H,18,19). The highest BCUT2D eigenvalue weighted by molar-refractivity contribution is 6.33. The number of carbonyl (C=O) groups is 1. The van der Waals surface area contributed by atoms with Gasteiger partial charge >= 0.3 is 5.97 Å². The zero-order valence-corrected chi connectivity index (χ0v) is 12.2. The van der Waals surface area contributed by atoms with Crippen LogP contribution in [0.25, 0.3) is 0 Å². The third-order valence-electron chi connectivity index (χ3n) is 4.12. The van der Waals surface area contributed by atoms with E-state index in [0.29, 0.717) is 11.1 Å². The van der Waals surface area contributed by atoms with Gasteiger partial charge in [-0.1, -0.05) is 18.5 Å². The van der Waals surface area contributed by atoms with E-state index in [4.69, 9.17) is 16.7 Å². The van der Waals surface area contributed by atoms with E-state index in [0.717, 1.165) is 11.6 Å². The molecule has 0 radical (unpaired) electrons. The zero-order chi connectivity index (χ0) is 14.0. The van der Waals surface area contributed by atoms with E-state index in [1.54, 1.807) is 12.1 Å². The summed E-state index contributed by atoms with van der Waals surface area (Å²) in [6.45, 7) is 2.30. The van der Waals surface area contributed by atoms with Crippen LogP contribution in [-0.2, 0) is 0 Å². The molecule has 1 aromatic rings. The number of anilines is 1. The second-order valence-corrected chi connectivity index (χ2v) is 5.90. The van der Waals surface area contributed by atoms with Crippen molar-refractivity contribution in [1.29, 1.82) is 0 Å². The van der Waals surface area contributed by atoms with E-state index >= 15 is 0 Å². The molecule has 0 spiro atoms. The molecule has 0 saturated heterocycles. The third-order valence-corrected chi connectivity index (χ3v) is 4.44. The van der Waals surface area contributed by atoms with E-state index in [2.05, 4.69) is 18.9 Å². The van der Waals surface area contributed by atoms with Crippen LogP contribution in [0.4, 0.5) is 5.69 Å². The number of benzene rings is 1. The summed E-state index contributed by atoms with van der Waals surface area (Å²) in [5.41, 5.74) is 1.16. The number of nitrogens with zero attached hydrogens (tertiary/aromatic N) is 1. The van der Waals surface area contributed by atoms with Crippen LogP contribution in [0.5, 0.6) is 0 Å². The number of carboxylic acids is 1. The van der Waals surface area contributed by atoms with E-state index in [9.17, 15) is 4.79 Å². The summed E-state index contributed by atoms with van der Waals surface area (Å²) in [6.07, 6.45) is 4.90. The Bertz CT molecular complexity index is 467. The van der Waals surface area contributed by atoms with Crippen molar-refractivity contribution in [2.75, 3.05) is 11.9 Å². The smallest absolute Gasteiger partial charge is 0.337 e. The van der Waals surface area contributed by atoms with Crippen LogP contribution in [0.1, 0.15) is 43.0 Å². The van der Waals surface area contributed by atoms with Gasteiger partial charge in [0.05, 0.1) is 10.6 Å². The second kappa shape index (κ2) is 5.83. The van der Waals surface area contributed by atoms with Crippen molar-refractivity contribution >= 4 is 23.3 Å². The van der Waals surface area contributed by atoms with Gasteiger partial charge in [-0.3, -0.25) is 0 Å². The van der Waals surface area contributed by atoms with Gasteiger partial charge in [-0.05, 0) is 49.8 Å². The lowest BCUT2D eigenvalue weighted by molar-refractivity contribution is 0.0697. The molecule has 1 aromatic carbocycles. The minimum absolute atomic E-state index is 0.163. The molecule has 104 valence electrons. The van der Waals surface area contributed by atoms with Gasteiger partial charge in [0.15, 0.2) is 0 Å². The predicted octanol–water partition coefficient (Wildman–Crippen LogP) is 4.05. The molecule has 0 heterocycles. The van der Waals surface area contributed by atoms with Gasteiger partial charge in [-0.2, -0.15) is 0 Å². The Kier molecular flexibility index (Phi) is 4.35. The molecule has 0 bridgehead atoms. The number of rotatable bonds is 3. The lowest BCUT2D eigenvalue weighted by Gasteiger charge is -2.35. The van der Waals surface area contributed by atoms with Crippen molar-refractivity contribution in [3.05, 3.63) is 28.8 Å². The van der Waals surface area contributed by atoms with Crippen LogP contribution in [0, 0.1) is 5.92 Å². The summed E-state index contributed by atoms with van der Waals surface area (Å²) in [4.78, 5) is 13.2. The molecule has 0 unspecified atom stereocenters. The maximum atomic E-state index is 10.9. The quantitative estimate of drug-likeness (QED) is 0.908. The Balaban J connectivity index is 2.13. The fourth-order valence-corrected chi connectivity index (χ4v) is 2.99. The summed E-state index contributed by atoms with van der Waals surface area (Å²) in [7, 11) is 2.06. The molecule has 3 nitrogen and oxygen atoms in total. The van der Waals surface area contributed by atoms with Crippen molar-refractivity contribution < 1.29 is 9.90 Å². The number of hydrogen-bond acceptors (Lipinski definition) is 2. The molecule has 19 heavy (non-hydrogen) atoms. The Morgan fingerprint density at radius 3 is 2.47 bits per heavy atom. The van der Waals surface area contributed by atoms with Gasteiger partial charge in [-0.25, -0.2) is 4.79 Å². The summed E-state index contributed by atoms with van der Waals surface area (Å²) in [5, 5.41) is 9.28. The largest absolute Gasteiger partial charge is 0.478 e. The molecule has 2 rings (SSSR count). The first-order valence-corrected chi connectivity index (χ1v) is 7.12. The molecular formula is C15H20ClNO2. The van der Waals surface area contributed by atoms with E-state index < -0.39 is 5.97 Å². The van der Waals surface area contributed by atoms with Crippen molar-refractivity contribution in [3.63, 3.8) is 0 Å². The van der Waals surface area contributed by atoms with Crippen LogP contribution in [-0.4, -0.2) is 24.2 Å². The average molecular weight is 282 g/mol. The highest BCUT2D eigenvalue weighted by Crippen LogP contribution is 2.31. The number of hydrogen-bond donors (Lipinski definition) is 1. The molecule has 1 fully saturated rings. The van der Waals surface area contributed by atoms with Crippen LogP contribution in [0.3, 0.4) is 0 Å². The summed E-state index contributed by atoms with van der Waals surface area (Å²) < 4.78 is 0. The maximum absolute atomic E-state index is 10.9. The van der Waals surface area contributed by atoms with Gasteiger partial charge in [0.2, 0.25) is 0 Å². The zero-order valence-electron chi connectivity index (χ0n) is 11.4. The van der Waals surface area contributed by atoms with Gasteiger partial charge in [-0.15, -0.1) is 0 Å². The topological polar surface area (TPSA) is 40.5 Å². The molecule has 1 N–H and O–H groups in total. The Hall–Kier alpha value is -1.22. The van der Waals surface area contributed by atoms with Crippen molar-refractivity contribution in [2.45, 2.75) is 38.6 Å². The number of aromatic carboxylic acids is 1. The Labute approximate surface area is 119 Å². The Morgan fingerprint density at radius 1 is 1.32 bits per heavy atom. The van der Waals surface area contributed by atoms with Gasteiger partial charge in [0.25, 0.3) is 0 Å². The highest BCUT2D eigenvalue weighted by Gasteiger charge is 2.22. The number of halogens is 1. The van der Waals surface area contributed by atoms with Crippen LogP contribution in [0.15, 0.2) is 18.2 Å². The SMILES string of the molecule is CC1CCC(N(C)c2ccc(C(=O)O)c(Cl)c2)CC1. The van der Waals surface area contributed by atoms with Crippen LogP contribution >= 0.6 is 11.6 Å². The van der Waals surface area contributed by atoms with Crippen LogP contribution in [0.2, 0.25) is 5.02 Å². The van der Waals surface area contributed by atoms with Gasteiger partial charge in [0.1, 0.15) is 0 Å². The summed E-state index contributed by atoms with van der Waals surface area (Å²) in [5.74, 6) is -0.159. The molecule has 1 saturated carbocycles. The fraction of sp³-hybridized carbons (Fsp3) is 0.533. The summed E-state index contributed by atoms with van der Waals surface area (Å²) >= 11 is 6.02. The fourth-order valence-electron chi connectivity index (χ4n) is 2.74. The molecule has 1 aliphatic rings. The maximum Gasteiger partial charge on any atom is 0.337 e. The van der Waals surface area contributed by atoms with Crippen molar-refractivity contribution in [3.8, 4) is 0 Å². The monoisotopic (exact) mass is 281 g/mol. The van der Waals surface area contributed by atoms with Crippen LogP contribution < -0.4 is 4.90 Å². The van der Waals surface area contributed by atoms with Gasteiger partial charge < -0.3 is 10.0 Å². The normalized spacial score (nSPS) is 23.1. The first-order chi connectivity index (χ1) is 8.99. The first kappa shape index (κ1) is 14.2. The molecule has 1 aliphatic carbocycles. The van der Waals surface area contributed by atoms with E-state index in [-0.39, 0.29) is 5.56 Å².